The molecule has 1 atom stereocenters. The van der Waals surface area contributed by atoms with Crippen molar-refractivity contribution < 1.29 is 38.4 Å². The second-order valence-electron chi connectivity index (χ2n) is 9.83. The van der Waals surface area contributed by atoms with Crippen LogP contribution < -0.4 is 10.6 Å². The predicted molar refractivity (Wildman–Crippen MR) is 138 cm³/mol. The van der Waals surface area contributed by atoms with E-state index < -0.39 is 31.0 Å². The van der Waals surface area contributed by atoms with Crippen molar-refractivity contribution in [2.75, 3.05) is 24.2 Å². The van der Waals surface area contributed by atoms with E-state index in [0.717, 1.165) is 41.9 Å². The van der Waals surface area contributed by atoms with Crippen LogP contribution in [-0.4, -0.2) is 44.9 Å². The second-order valence-corrected chi connectivity index (χ2v) is 9.83. The number of phenols is 1. The highest BCUT2D eigenvalue weighted by molar-refractivity contribution is 6.02. The van der Waals surface area contributed by atoms with Crippen LogP contribution in [0.5, 0.6) is 5.75 Å². The third kappa shape index (κ3) is 4.71. The summed E-state index contributed by atoms with van der Waals surface area (Å²) < 4.78 is 38.7. The van der Waals surface area contributed by atoms with Gasteiger partial charge in [0.15, 0.2) is 0 Å². The fourth-order valence-electron chi connectivity index (χ4n) is 5.69. The van der Waals surface area contributed by atoms with Crippen molar-refractivity contribution in [2.45, 2.75) is 44.9 Å². The first-order valence-electron chi connectivity index (χ1n) is 12.4. The molecular formula is C28H28F3N3O5. The van der Waals surface area contributed by atoms with Gasteiger partial charge in [-0.05, 0) is 83.6 Å². The zero-order chi connectivity index (χ0) is 28.1. The van der Waals surface area contributed by atoms with Gasteiger partial charge in [0.25, 0.3) is 0 Å². The highest BCUT2D eigenvalue weighted by Gasteiger charge is 2.38. The number of nitrogens with zero attached hydrogens (tertiary/aromatic N) is 1. The van der Waals surface area contributed by atoms with Gasteiger partial charge in [0.1, 0.15) is 5.75 Å². The number of hydrogen-bond donors (Lipinski definition) is 6. The molecule has 0 bridgehead atoms. The van der Waals surface area contributed by atoms with Crippen molar-refractivity contribution in [2.24, 2.45) is 0 Å². The summed E-state index contributed by atoms with van der Waals surface area (Å²) in [6.07, 6.45) is -3.38. The summed E-state index contributed by atoms with van der Waals surface area (Å²) in [5.74, 6) is -0.181. The Bertz CT molecular complexity index is 1440. The Hall–Kier alpha value is -3.64. The number of anilines is 2. The van der Waals surface area contributed by atoms with Crippen molar-refractivity contribution in [3.05, 3.63) is 75.3 Å². The topological polar surface area (TPSA) is 125 Å². The number of carbonyl (C=O) groups is 1. The van der Waals surface area contributed by atoms with Crippen LogP contribution in [0.15, 0.2) is 36.4 Å². The molecule has 6 N–H and O–H groups in total. The van der Waals surface area contributed by atoms with Crippen LogP contribution in [0.3, 0.4) is 0 Å². The minimum atomic E-state index is -4.50. The van der Waals surface area contributed by atoms with E-state index in [0.29, 0.717) is 46.3 Å². The maximum atomic E-state index is 12.9. The van der Waals surface area contributed by atoms with Gasteiger partial charge in [0.05, 0.1) is 25.4 Å². The molecule has 0 spiro atoms. The molecule has 1 aliphatic carbocycles. The molecule has 1 heterocycles. The molecule has 3 aromatic carbocycles. The van der Waals surface area contributed by atoms with Gasteiger partial charge in [-0.1, -0.05) is 6.07 Å². The number of aromatic hydroxyl groups is 1. The molecule has 1 aliphatic heterocycles. The minimum Gasteiger partial charge on any atom is -0.507 e. The number of aliphatic hydroxyl groups is 3. The van der Waals surface area contributed by atoms with Crippen LogP contribution in [0.1, 0.15) is 45.0 Å². The summed E-state index contributed by atoms with van der Waals surface area (Å²) >= 11 is 0. The van der Waals surface area contributed by atoms with Crippen molar-refractivity contribution in [3.8, 4) is 16.9 Å². The fraction of sp³-hybridized carbons (Fsp3) is 0.321. The van der Waals surface area contributed by atoms with E-state index in [-0.39, 0.29) is 29.6 Å². The van der Waals surface area contributed by atoms with Crippen LogP contribution in [0, 0.1) is 0 Å². The lowest BCUT2D eigenvalue weighted by molar-refractivity contribution is -0.137. The van der Waals surface area contributed by atoms with E-state index in [1.54, 1.807) is 0 Å². The summed E-state index contributed by atoms with van der Waals surface area (Å²) in [6.45, 7) is -0.497. The van der Waals surface area contributed by atoms with Gasteiger partial charge in [0.2, 0.25) is 0 Å². The minimum absolute atomic E-state index is 0.132. The zero-order valence-corrected chi connectivity index (χ0v) is 21.1. The van der Waals surface area contributed by atoms with Gasteiger partial charge in [-0.15, -0.1) is 0 Å². The summed E-state index contributed by atoms with van der Waals surface area (Å²) in [6, 6.07) is 6.52. The Labute approximate surface area is 222 Å². The van der Waals surface area contributed by atoms with Gasteiger partial charge in [0, 0.05) is 35.1 Å². The van der Waals surface area contributed by atoms with Gasteiger partial charge >= 0.3 is 12.2 Å². The van der Waals surface area contributed by atoms with Crippen molar-refractivity contribution in [1.82, 2.24) is 4.90 Å². The first kappa shape index (κ1) is 26.9. The number of likely N-dealkylation sites (N-methyl/N-ethyl adjacent to an activating group) is 1. The number of rotatable bonds is 5. The summed E-state index contributed by atoms with van der Waals surface area (Å²) in [7, 11) is 1.97. The van der Waals surface area contributed by atoms with Crippen LogP contribution in [0.25, 0.3) is 11.1 Å². The normalized spacial score (nSPS) is 16.4. The lowest BCUT2D eigenvalue weighted by atomic mass is 9.73. The highest BCUT2D eigenvalue weighted by Crippen LogP contribution is 2.53. The lowest BCUT2D eigenvalue weighted by Crippen LogP contribution is -2.36. The Morgan fingerprint density at radius 1 is 1.00 bits per heavy atom. The average molecular weight is 544 g/mol. The second kappa shape index (κ2) is 10.2. The highest BCUT2D eigenvalue weighted by atomic mass is 19.4. The Morgan fingerprint density at radius 2 is 1.69 bits per heavy atom. The molecule has 8 nitrogen and oxygen atoms in total. The molecule has 0 saturated carbocycles. The number of benzene rings is 3. The number of aliphatic hydroxyl groups excluding tert-OH is 3. The van der Waals surface area contributed by atoms with Gasteiger partial charge in [-0.25, -0.2) is 4.79 Å². The quantitative estimate of drug-likeness (QED) is 0.267. The number of hydrogen-bond acceptors (Lipinski definition) is 6. The maximum Gasteiger partial charge on any atom is 0.416 e. The number of nitrogens with one attached hydrogen (secondary N) is 2. The standard InChI is InChI=1S/C28H28F3N3O5/c1-34-7-6-14-8-15(11-35)20(13-37)24-23(14)22(34)10-19-21(9-16(12-36)26(38)25(19)24)33-27(39)32-18-4-2-17(3-5-18)28(29,30)31/h2-5,8-9,22,35-38H,6-7,10-13H2,1H3,(H2,32,33,39). The first-order chi connectivity index (χ1) is 18.6. The summed E-state index contributed by atoms with van der Waals surface area (Å²) in [4.78, 5) is 15.1. The Balaban J connectivity index is 1.60. The van der Waals surface area contributed by atoms with Gasteiger partial charge in [-0.2, -0.15) is 13.2 Å². The molecule has 0 aromatic heterocycles. The van der Waals surface area contributed by atoms with E-state index in [9.17, 15) is 38.4 Å². The van der Waals surface area contributed by atoms with Crippen LogP contribution >= 0.6 is 0 Å². The van der Waals surface area contributed by atoms with Crippen molar-refractivity contribution in [1.29, 1.82) is 0 Å². The van der Waals surface area contributed by atoms with E-state index in [2.05, 4.69) is 15.5 Å². The number of halogens is 3. The van der Waals surface area contributed by atoms with E-state index >= 15 is 0 Å². The molecule has 1 unspecified atom stereocenters. The first-order valence-corrected chi connectivity index (χ1v) is 12.4. The summed E-state index contributed by atoms with van der Waals surface area (Å²) in [5, 5.41) is 46.9. The number of carbonyl (C=O) groups excluding carboxylic acids is 1. The van der Waals surface area contributed by atoms with E-state index in [1.807, 2.05) is 13.1 Å². The third-order valence-electron chi connectivity index (χ3n) is 7.60. The molecule has 2 aliphatic rings. The molecule has 0 fully saturated rings. The largest absolute Gasteiger partial charge is 0.507 e. The zero-order valence-electron chi connectivity index (χ0n) is 21.1. The monoisotopic (exact) mass is 543 g/mol. The van der Waals surface area contributed by atoms with Crippen LogP contribution in [0.4, 0.5) is 29.3 Å². The third-order valence-corrected chi connectivity index (χ3v) is 7.60. The smallest absolute Gasteiger partial charge is 0.416 e. The van der Waals surface area contributed by atoms with E-state index in [1.165, 1.54) is 6.07 Å². The molecule has 3 aromatic rings. The molecule has 206 valence electrons. The average Bonchev–Trinajstić information content (AvgIpc) is 2.91. The van der Waals surface area contributed by atoms with Crippen LogP contribution in [-0.2, 0) is 38.8 Å². The van der Waals surface area contributed by atoms with Crippen molar-refractivity contribution >= 4 is 17.4 Å². The SMILES string of the molecule is CN1CCc2cc(CO)c(CO)c3c2C1Cc1c(NC(=O)Nc2ccc(C(F)(F)F)cc2)cc(CO)c(O)c1-3. The number of urea groups is 1. The fourth-order valence-corrected chi connectivity index (χ4v) is 5.69. The van der Waals surface area contributed by atoms with Gasteiger partial charge in [-0.3, -0.25) is 4.90 Å². The molecule has 0 saturated heterocycles. The van der Waals surface area contributed by atoms with Crippen molar-refractivity contribution in [3.63, 3.8) is 0 Å². The number of amides is 2. The molecule has 2 amide bonds. The van der Waals surface area contributed by atoms with E-state index in [4.69, 9.17) is 0 Å². The predicted octanol–water partition coefficient (Wildman–Crippen LogP) is 4.28. The molecule has 0 radical (unpaired) electrons. The Morgan fingerprint density at radius 3 is 2.31 bits per heavy atom. The molecule has 39 heavy (non-hydrogen) atoms. The lowest BCUT2D eigenvalue weighted by Gasteiger charge is -2.42. The van der Waals surface area contributed by atoms with Crippen LogP contribution in [0.2, 0.25) is 0 Å². The number of fused-ring (bicyclic) bond motifs is 2. The van der Waals surface area contributed by atoms with Gasteiger partial charge < -0.3 is 31.1 Å². The molecule has 11 heteroatoms. The number of alkyl halides is 3. The molecular weight excluding hydrogens is 515 g/mol. The summed E-state index contributed by atoms with van der Waals surface area (Å²) in [5.41, 5.74) is 4.21. The molecule has 5 rings (SSSR count). The maximum absolute atomic E-state index is 12.9. The Kier molecular flexibility index (Phi) is 7.02.